The first-order valence-electron chi connectivity index (χ1n) is 7.93. The van der Waals surface area contributed by atoms with Crippen LogP contribution in [0.1, 0.15) is 10.4 Å². The summed E-state index contributed by atoms with van der Waals surface area (Å²) in [6.07, 6.45) is 4.85. The average molecular weight is 422 g/mol. The van der Waals surface area contributed by atoms with Crippen molar-refractivity contribution < 1.29 is 18.0 Å². The summed E-state index contributed by atoms with van der Waals surface area (Å²) < 4.78 is 27.1. The highest BCUT2D eigenvalue weighted by Gasteiger charge is 2.25. The molecule has 0 atom stereocenters. The fraction of sp³-hybridized carbons (Fsp3) is 0.118. The minimum atomic E-state index is -4.00. The fourth-order valence-electron chi connectivity index (χ4n) is 2.28. The molecule has 0 bridgehead atoms. The maximum Gasteiger partial charge on any atom is 0.266 e. The molecular weight excluding hydrogens is 406 g/mol. The van der Waals surface area contributed by atoms with Gasteiger partial charge in [0.15, 0.2) is 5.82 Å². The number of aromatic nitrogens is 3. The lowest BCUT2D eigenvalue weighted by Crippen LogP contribution is -2.26. The van der Waals surface area contributed by atoms with E-state index in [-0.39, 0.29) is 15.5 Å². The molecule has 0 aliphatic carbocycles. The topological polar surface area (TPSA) is 106 Å². The second kappa shape index (κ2) is 8.07. The molecule has 0 aliphatic heterocycles. The van der Waals surface area contributed by atoms with E-state index in [4.69, 9.17) is 16.4 Å². The van der Waals surface area contributed by atoms with Crippen molar-refractivity contribution in [3.05, 3.63) is 65.6 Å². The third-order valence-corrected chi connectivity index (χ3v) is 5.97. The van der Waals surface area contributed by atoms with Crippen LogP contribution in [0, 0.1) is 0 Å². The molecule has 0 saturated heterocycles. The highest BCUT2D eigenvalue weighted by molar-refractivity contribution is 7.89. The van der Waals surface area contributed by atoms with Crippen molar-refractivity contribution in [3.63, 3.8) is 0 Å². The van der Waals surface area contributed by atoms with E-state index in [1.807, 2.05) is 0 Å². The van der Waals surface area contributed by atoms with Crippen molar-refractivity contribution in [2.24, 2.45) is 0 Å². The van der Waals surface area contributed by atoms with Gasteiger partial charge in [0.25, 0.3) is 15.9 Å². The third kappa shape index (κ3) is 4.04. The molecule has 0 spiro atoms. The molecule has 3 aromatic rings. The molecule has 0 radical (unpaired) electrons. The summed E-state index contributed by atoms with van der Waals surface area (Å²) in [6, 6.07) is 9.07. The number of rotatable bonds is 6. The van der Waals surface area contributed by atoms with Crippen molar-refractivity contribution in [2.45, 2.75) is 4.90 Å². The third-order valence-electron chi connectivity index (χ3n) is 3.81. The van der Waals surface area contributed by atoms with E-state index in [1.165, 1.54) is 38.6 Å². The van der Waals surface area contributed by atoms with Crippen LogP contribution in [0.2, 0.25) is 5.02 Å². The van der Waals surface area contributed by atoms with E-state index < -0.39 is 15.9 Å². The van der Waals surface area contributed by atoms with E-state index in [0.717, 1.165) is 0 Å². The number of amides is 1. The molecule has 0 saturated carbocycles. The van der Waals surface area contributed by atoms with Gasteiger partial charge in [-0.1, -0.05) is 16.1 Å². The Balaban J connectivity index is 1.82. The molecule has 146 valence electrons. The summed E-state index contributed by atoms with van der Waals surface area (Å²) in [7, 11) is -1.56. The van der Waals surface area contributed by atoms with Crippen LogP contribution in [0.5, 0.6) is 0 Å². The zero-order valence-electron chi connectivity index (χ0n) is 14.9. The predicted octanol–water partition coefficient (Wildman–Crippen LogP) is 2.35. The lowest BCUT2D eigenvalue weighted by Gasteiger charge is -2.16. The fourth-order valence-corrected chi connectivity index (χ4v) is 3.76. The molecule has 3 rings (SSSR count). The number of sulfonamides is 1. The Morgan fingerprint density at radius 3 is 2.68 bits per heavy atom. The maximum atomic E-state index is 12.5. The molecule has 2 heterocycles. The molecule has 1 aromatic carbocycles. The summed E-state index contributed by atoms with van der Waals surface area (Å²) in [6.45, 7) is 0. The van der Waals surface area contributed by atoms with Gasteiger partial charge in [-0.25, -0.2) is 18.1 Å². The number of carbonyl (C=O) groups is 1. The number of nitrogens with zero attached hydrogens (tertiary/aromatic N) is 4. The van der Waals surface area contributed by atoms with Gasteiger partial charge >= 0.3 is 0 Å². The SMILES string of the molecule is CON(C)S(=O)(=O)c1cc(C(=O)Nc2ccc(-n3cccn3)nc2)ccc1Cl. The van der Waals surface area contributed by atoms with Gasteiger partial charge in [0.1, 0.15) is 4.90 Å². The van der Waals surface area contributed by atoms with E-state index in [2.05, 4.69) is 15.4 Å². The second-order valence-electron chi connectivity index (χ2n) is 5.55. The van der Waals surface area contributed by atoms with Gasteiger partial charge < -0.3 is 5.32 Å². The summed E-state index contributed by atoms with van der Waals surface area (Å²) in [5, 5.41) is 6.71. The van der Waals surface area contributed by atoms with Crippen LogP contribution in [0.4, 0.5) is 5.69 Å². The van der Waals surface area contributed by atoms with Crippen molar-refractivity contribution in [1.29, 1.82) is 0 Å². The Morgan fingerprint density at radius 2 is 2.07 bits per heavy atom. The van der Waals surface area contributed by atoms with Crippen molar-refractivity contribution in [1.82, 2.24) is 19.2 Å². The quantitative estimate of drug-likeness (QED) is 0.612. The van der Waals surface area contributed by atoms with Crippen LogP contribution < -0.4 is 5.32 Å². The molecule has 1 amide bonds. The molecule has 9 nitrogen and oxygen atoms in total. The van der Waals surface area contributed by atoms with E-state index in [0.29, 0.717) is 16.0 Å². The lowest BCUT2D eigenvalue weighted by molar-refractivity contribution is -0.0258. The standard InChI is InChI=1S/C17H16ClN5O4S/c1-22(27-2)28(25,26)15-10-12(4-6-14(15)18)17(24)21-13-5-7-16(19-11-13)23-9-3-8-20-23/h3-11H,1-2H3,(H,21,24). The summed E-state index contributed by atoms with van der Waals surface area (Å²) in [4.78, 5) is 21.2. The van der Waals surface area contributed by atoms with Gasteiger partial charge in [-0.3, -0.25) is 9.63 Å². The van der Waals surface area contributed by atoms with E-state index in [1.54, 1.807) is 35.3 Å². The number of carbonyl (C=O) groups excluding carboxylic acids is 1. The average Bonchev–Trinajstić information content (AvgIpc) is 3.22. The molecule has 1 N–H and O–H groups in total. The first kappa shape index (κ1) is 20.0. The van der Waals surface area contributed by atoms with Crippen LogP contribution in [0.25, 0.3) is 5.82 Å². The number of pyridine rings is 1. The van der Waals surface area contributed by atoms with Crippen LogP contribution in [-0.4, -0.2) is 47.7 Å². The largest absolute Gasteiger partial charge is 0.321 e. The number of anilines is 1. The first-order valence-corrected chi connectivity index (χ1v) is 9.75. The predicted molar refractivity (Wildman–Crippen MR) is 103 cm³/mol. The minimum Gasteiger partial charge on any atom is -0.321 e. The Kier molecular flexibility index (Phi) is 5.75. The number of benzene rings is 1. The minimum absolute atomic E-state index is 0.0225. The summed E-state index contributed by atoms with van der Waals surface area (Å²) in [5.41, 5.74) is 0.554. The normalized spacial score (nSPS) is 11.6. The monoisotopic (exact) mass is 421 g/mol. The molecule has 0 unspecified atom stereocenters. The number of hydrogen-bond acceptors (Lipinski definition) is 6. The number of halogens is 1. The highest BCUT2D eigenvalue weighted by Crippen LogP contribution is 2.25. The van der Waals surface area contributed by atoms with Crippen LogP contribution in [0.3, 0.4) is 0 Å². The second-order valence-corrected chi connectivity index (χ2v) is 7.86. The van der Waals surface area contributed by atoms with Gasteiger partial charge in [-0.15, -0.1) is 0 Å². The molecule has 28 heavy (non-hydrogen) atoms. The number of hydroxylamine groups is 1. The molecule has 0 aliphatic rings. The maximum absolute atomic E-state index is 12.5. The molecular formula is C17H16ClN5O4S. The van der Waals surface area contributed by atoms with Gasteiger partial charge in [-0.2, -0.15) is 5.10 Å². The Hall–Kier alpha value is -2.79. The Labute approximate surface area is 166 Å². The Bertz CT molecular complexity index is 1090. The number of nitrogens with one attached hydrogen (secondary N) is 1. The van der Waals surface area contributed by atoms with Crippen LogP contribution in [-0.2, 0) is 14.9 Å². The lowest BCUT2D eigenvalue weighted by atomic mass is 10.2. The zero-order valence-corrected chi connectivity index (χ0v) is 16.5. The van der Waals surface area contributed by atoms with Crippen LogP contribution >= 0.6 is 11.6 Å². The highest BCUT2D eigenvalue weighted by atomic mass is 35.5. The zero-order chi connectivity index (χ0) is 20.3. The van der Waals surface area contributed by atoms with Crippen molar-refractivity contribution in [2.75, 3.05) is 19.5 Å². The van der Waals surface area contributed by atoms with Crippen molar-refractivity contribution in [3.8, 4) is 5.82 Å². The van der Waals surface area contributed by atoms with Gasteiger partial charge in [0.05, 0.1) is 24.0 Å². The van der Waals surface area contributed by atoms with E-state index in [9.17, 15) is 13.2 Å². The summed E-state index contributed by atoms with van der Waals surface area (Å²) >= 11 is 6.00. The van der Waals surface area contributed by atoms with Crippen LogP contribution in [0.15, 0.2) is 59.9 Å². The molecule has 0 fully saturated rings. The van der Waals surface area contributed by atoms with Gasteiger partial charge in [0.2, 0.25) is 0 Å². The van der Waals surface area contributed by atoms with E-state index >= 15 is 0 Å². The van der Waals surface area contributed by atoms with Gasteiger partial charge in [0, 0.05) is 25.0 Å². The van der Waals surface area contributed by atoms with Crippen molar-refractivity contribution >= 4 is 33.2 Å². The summed E-state index contributed by atoms with van der Waals surface area (Å²) in [5.74, 6) is 0.0762. The van der Waals surface area contributed by atoms with Gasteiger partial charge in [-0.05, 0) is 36.4 Å². The molecule has 11 heteroatoms. The first-order chi connectivity index (χ1) is 13.3. The Morgan fingerprint density at radius 1 is 1.29 bits per heavy atom. The number of hydrogen-bond donors (Lipinski definition) is 1. The molecule has 2 aromatic heterocycles. The smallest absolute Gasteiger partial charge is 0.266 e.